The highest BCUT2D eigenvalue weighted by atomic mass is 35.5. The molecule has 0 unspecified atom stereocenters. The van der Waals surface area contributed by atoms with Crippen LogP contribution < -0.4 is 11.5 Å². The minimum absolute atomic E-state index is 0.0584. The number of rotatable bonds is 2. The van der Waals surface area contributed by atoms with E-state index in [1.54, 1.807) is 6.07 Å². The molecule has 66 valence electrons. The van der Waals surface area contributed by atoms with Crippen molar-refractivity contribution >= 4 is 17.3 Å². The van der Waals surface area contributed by atoms with E-state index < -0.39 is 0 Å². The van der Waals surface area contributed by atoms with Gasteiger partial charge in [0.2, 0.25) is 0 Å². The molecule has 0 saturated heterocycles. The van der Waals surface area contributed by atoms with Crippen molar-refractivity contribution in [3.05, 3.63) is 28.8 Å². The predicted molar refractivity (Wildman–Crippen MR) is 53.1 cm³/mol. The molecule has 0 amide bonds. The molecule has 4 N–H and O–H groups in total. The van der Waals surface area contributed by atoms with Crippen molar-refractivity contribution in [3.8, 4) is 0 Å². The Hall–Kier alpha value is -0.730. The molecule has 3 heteroatoms. The molecule has 0 aromatic heterocycles. The van der Waals surface area contributed by atoms with Crippen LogP contribution in [0.4, 0.5) is 5.69 Å². The maximum atomic E-state index is 5.83. The first kappa shape index (κ1) is 9.36. The van der Waals surface area contributed by atoms with Crippen LogP contribution in [0.15, 0.2) is 18.2 Å². The summed E-state index contributed by atoms with van der Waals surface area (Å²) in [5.74, 6) is 0. The van der Waals surface area contributed by atoms with Crippen molar-refractivity contribution < 1.29 is 0 Å². The Bertz CT molecular complexity index is 273. The SMILES string of the molecule is CC[C@@H](N)c1ccc(N)c(Cl)c1. The number of hydrogen-bond acceptors (Lipinski definition) is 2. The third-order valence-electron chi connectivity index (χ3n) is 1.89. The monoisotopic (exact) mass is 184 g/mol. The molecule has 0 heterocycles. The second-order valence-electron chi connectivity index (χ2n) is 2.80. The lowest BCUT2D eigenvalue weighted by Crippen LogP contribution is -2.08. The summed E-state index contributed by atoms with van der Waals surface area (Å²) < 4.78 is 0. The molecule has 0 aliphatic heterocycles. The average molecular weight is 185 g/mol. The van der Waals surface area contributed by atoms with Crippen molar-refractivity contribution in [2.75, 3.05) is 5.73 Å². The van der Waals surface area contributed by atoms with E-state index in [1.165, 1.54) is 0 Å². The lowest BCUT2D eigenvalue weighted by Gasteiger charge is -2.09. The normalized spacial score (nSPS) is 12.9. The third kappa shape index (κ3) is 1.90. The highest BCUT2D eigenvalue weighted by Crippen LogP contribution is 2.23. The fraction of sp³-hybridized carbons (Fsp3) is 0.333. The number of nitrogens with two attached hydrogens (primary N) is 2. The summed E-state index contributed by atoms with van der Waals surface area (Å²) in [6.45, 7) is 2.04. The predicted octanol–water partition coefficient (Wildman–Crippen LogP) is 2.33. The van der Waals surface area contributed by atoms with Crippen LogP contribution in [0.5, 0.6) is 0 Å². The highest BCUT2D eigenvalue weighted by molar-refractivity contribution is 6.33. The van der Waals surface area contributed by atoms with Crippen molar-refractivity contribution in [2.24, 2.45) is 5.73 Å². The molecule has 0 spiro atoms. The molecule has 0 bridgehead atoms. The molecule has 1 atom stereocenters. The zero-order chi connectivity index (χ0) is 9.14. The van der Waals surface area contributed by atoms with E-state index in [0.29, 0.717) is 10.7 Å². The van der Waals surface area contributed by atoms with Gasteiger partial charge in [-0.1, -0.05) is 24.6 Å². The number of halogens is 1. The van der Waals surface area contributed by atoms with Crippen LogP contribution in [-0.2, 0) is 0 Å². The van der Waals surface area contributed by atoms with Gasteiger partial charge in [0.15, 0.2) is 0 Å². The number of benzene rings is 1. The maximum Gasteiger partial charge on any atom is 0.0638 e. The van der Waals surface area contributed by atoms with Crippen molar-refractivity contribution in [3.63, 3.8) is 0 Å². The van der Waals surface area contributed by atoms with Gasteiger partial charge >= 0.3 is 0 Å². The number of hydrogen-bond donors (Lipinski definition) is 2. The van der Waals surface area contributed by atoms with Crippen LogP contribution in [0.3, 0.4) is 0 Å². The van der Waals surface area contributed by atoms with Crippen molar-refractivity contribution in [1.82, 2.24) is 0 Å². The first-order valence-corrected chi connectivity index (χ1v) is 4.33. The second-order valence-corrected chi connectivity index (χ2v) is 3.20. The standard InChI is InChI=1S/C9H13ClN2/c1-2-8(11)6-3-4-9(12)7(10)5-6/h3-5,8H,2,11-12H2,1H3/t8-/m1/s1. The average Bonchev–Trinajstić information content (AvgIpc) is 2.08. The number of anilines is 1. The minimum atomic E-state index is 0.0584. The molecule has 0 aliphatic carbocycles. The first-order valence-electron chi connectivity index (χ1n) is 3.95. The maximum absolute atomic E-state index is 5.83. The van der Waals surface area contributed by atoms with Gasteiger partial charge in [-0.15, -0.1) is 0 Å². The zero-order valence-corrected chi connectivity index (χ0v) is 7.81. The van der Waals surface area contributed by atoms with Gasteiger partial charge in [-0.2, -0.15) is 0 Å². The minimum Gasteiger partial charge on any atom is -0.398 e. The molecule has 1 rings (SSSR count). The molecule has 2 nitrogen and oxygen atoms in total. The van der Waals surface area contributed by atoms with Gasteiger partial charge in [0.25, 0.3) is 0 Å². The summed E-state index contributed by atoms with van der Waals surface area (Å²) in [5.41, 5.74) is 13.0. The molecule has 0 aliphatic rings. The second kappa shape index (κ2) is 3.78. The molecule has 0 fully saturated rings. The molecular formula is C9H13ClN2. The summed E-state index contributed by atoms with van der Waals surface area (Å²) in [5, 5.41) is 0.580. The van der Waals surface area contributed by atoms with Crippen molar-refractivity contribution in [2.45, 2.75) is 19.4 Å². The summed E-state index contributed by atoms with van der Waals surface area (Å²) >= 11 is 5.83. The smallest absolute Gasteiger partial charge is 0.0638 e. The first-order chi connectivity index (χ1) is 5.65. The van der Waals surface area contributed by atoms with Gasteiger partial charge < -0.3 is 11.5 Å². The summed E-state index contributed by atoms with van der Waals surface area (Å²) in [7, 11) is 0. The Balaban J connectivity index is 2.96. The third-order valence-corrected chi connectivity index (χ3v) is 2.22. The van der Waals surface area contributed by atoms with Crippen LogP contribution in [0.25, 0.3) is 0 Å². The van der Waals surface area contributed by atoms with Crippen LogP contribution in [0.1, 0.15) is 24.9 Å². The van der Waals surface area contributed by atoms with Crippen LogP contribution >= 0.6 is 11.6 Å². The van der Waals surface area contributed by atoms with Gasteiger partial charge in [-0.3, -0.25) is 0 Å². The van der Waals surface area contributed by atoms with Crippen LogP contribution in [-0.4, -0.2) is 0 Å². The van der Waals surface area contributed by atoms with E-state index in [2.05, 4.69) is 0 Å². The van der Waals surface area contributed by atoms with E-state index in [4.69, 9.17) is 23.1 Å². The van der Waals surface area contributed by atoms with E-state index in [1.807, 2.05) is 19.1 Å². The van der Waals surface area contributed by atoms with E-state index in [9.17, 15) is 0 Å². The van der Waals surface area contributed by atoms with Crippen molar-refractivity contribution in [1.29, 1.82) is 0 Å². The van der Waals surface area contributed by atoms with Gasteiger partial charge in [0, 0.05) is 6.04 Å². The lowest BCUT2D eigenvalue weighted by molar-refractivity contribution is 0.699. The Morgan fingerprint density at radius 2 is 2.17 bits per heavy atom. The number of nitrogen functional groups attached to an aromatic ring is 1. The Kier molecular flexibility index (Phi) is 2.95. The Labute approximate surface area is 77.5 Å². The Morgan fingerprint density at radius 1 is 1.50 bits per heavy atom. The van der Waals surface area contributed by atoms with Crippen LogP contribution in [0, 0.1) is 0 Å². The van der Waals surface area contributed by atoms with Gasteiger partial charge in [0.1, 0.15) is 0 Å². The van der Waals surface area contributed by atoms with E-state index in [0.717, 1.165) is 12.0 Å². The quantitative estimate of drug-likeness (QED) is 0.694. The summed E-state index contributed by atoms with van der Waals surface area (Å²) in [4.78, 5) is 0. The Morgan fingerprint density at radius 3 is 2.67 bits per heavy atom. The fourth-order valence-electron chi connectivity index (χ4n) is 1.01. The fourth-order valence-corrected chi connectivity index (χ4v) is 1.20. The van der Waals surface area contributed by atoms with E-state index >= 15 is 0 Å². The van der Waals surface area contributed by atoms with Gasteiger partial charge in [0.05, 0.1) is 10.7 Å². The largest absolute Gasteiger partial charge is 0.398 e. The molecule has 12 heavy (non-hydrogen) atoms. The van der Waals surface area contributed by atoms with E-state index in [-0.39, 0.29) is 6.04 Å². The topological polar surface area (TPSA) is 52.0 Å². The summed E-state index contributed by atoms with van der Waals surface area (Å²) in [6, 6.07) is 5.58. The highest BCUT2D eigenvalue weighted by Gasteiger charge is 2.04. The molecular weight excluding hydrogens is 172 g/mol. The van der Waals surface area contributed by atoms with Gasteiger partial charge in [-0.05, 0) is 24.1 Å². The summed E-state index contributed by atoms with van der Waals surface area (Å²) in [6.07, 6.45) is 0.903. The van der Waals surface area contributed by atoms with Gasteiger partial charge in [-0.25, -0.2) is 0 Å². The molecule has 1 aromatic rings. The lowest BCUT2D eigenvalue weighted by atomic mass is 10.1. The molecule has 1 aromatic carbocycles. The molecule has 0 radical (unpaired) electrons. The zero-order valence-electron chi connectivity index (χ0n) is 7.05. The van der Waals surface area contributed by atoms with Crippen LogP contribution in [0.2, 0.25) is 5.02 Å². The molecule has 0 saturated carbocycles.